The zero-order chi connectivity index (χ0) is 33.3. The number of ether oxygens (including phenoxy) is 4. The number of rotatable bonds is 27. The maximum atomic E-state index is 12.6. The summed E-state index contributed by atoms with van der Waals surface area (Å²) in [4.78, 5) is 36.1. The van der Waals surface area contributed by atoms with Crippen molar-refractivity contribution in [3.63, 3.8) is 0 Å². The Morgan fingerprint density at radius 1 is 0.767 bits per heavy atom. The molecular formula is C31H60N4O8. The van der Waals surface area contributed by atoms with Crippen molar-refractivity contribution in [1.29, 1.82) is 5.41 Å². The van der Waals surface area contributed by atoms with Crippen LogP contribution < -0.4 is 16.0 Å². The molecule has 0 radical (unpaired) electrons. The molecule has 0 heterocycles. The molecule has 5 N–H and O–H groups in total. The van der Waals surface area contributed by atoms with Crippen LogP contribution in [0.25, 0.3) is 0 Å². The number of likely N-dealkylation sites (N-methyl/N-ethyl adjacent to an activating group) is 1. The highest BCUT2D eigenvalue weighted by Gasteiger charge is 2.31. The smallest absolute Gasteiger partial charge is 0.320 e. The molecule has 12 heteroatoms. The minimum atomic E-state index is -0.975. The molecule has 0 aromatic heterocycles. The monoisotopic (exact) mass is 616 g/mol. The number of hydrogen-bond acceptors (Lipinski definition) is 11. The van der Waals surface area contributed by atoms with Crippen molar-refractivity contribution >= 4 is 23.2 Å². The van der Waals surface area contributed by atoms with Crippen molar-refractivity contribution in [1.82, 2.24) is 16.0 Å². The van der Waals surface area contributed by atoms with E-state index in [2.05, 4.69) is 16.0 Å². The Morgan fingerprint density at radius 3 is 1.74 bits per heavy atom. The molecule has 0 aliphatic carbocycles. The van der Waals surface area contributed by atoms with Crippen molar-refractivity contribution in [3.8, 4) is 0 Å². The van der Waals surface area contributed by atoms with Crippen LogP contribution in [-0.2, 0) is 33.3 Å². The summed E-state index contributed by atoms with van der Waals surface area (Å²) in [6.07, 6.45) is 1.12. The highest BCUT2D eigenvalue weighted by molar-refractivity contribution is 5.89. The number of aliphatic carboxylic acids is 1. The Balaban J connectivity index is 4.03. The third-order valence-corrected chi connectivity index (χ3v) is 7.54. The molecule has 0 bridgehead atoms. The number of carbonyl (C=O) groups excluding carboxylic acids is 2. The second-order valence-electron chi connectivity index (χ2n) is 13.2. The van der Waals surface area contributed by atoms with Crippen molar-refractivity contribution < 1.29 is 38.4 Å². The van der Waals surface area contributed by atoms with Gasteiger partial charge in [0.2, 0.25) is 0 Å². The Labute approximate surface area is 259 Å². The van der Waals surface area contributed by atoms with Gasteiger partial charge in [-0.2, -0.15) is 0 Å². The molecule has 0 saturated heterocycles. The summed E-state index contributed by atoms with van der Waals surface area (Å²) >= 11 is 0. The number of carboxylic acid groups (broad SMARTS) is 1. The number of carboxylic acids is 1. The van der Waals surface area contributed by atoms with Crippen LogP contribution in [0.4, 0.5) is 0 Å². The summed E-state index contributed by atoms with van der Waals surface area (Å²) < 4.78 is 22.7. The first kappa shape index (κ1) is 41.2. The number of ketones is 2. The first-order chi connectivity index (χ1) is 19.8. The maximum Gasteiger partial charge on any atom is 0.320 e. The zero-order valence-corrected chi connectivity index (χ0v) is 28.4. The van der Waals surface area contributed by atoms with E-state index in [1.165, 1.54) is 0 Å². The number of carbonyl (C=O) groups is 3. The van der Waals surface area contributed by atoms with E-state index in [9.17, 15) is 14.4 Å². The summed E-state index contributed by atoms with van der Waals surface area (Å²) in [7, 11) is 1.56. The molecule has 43 heavy (non-hydrogen) atoms. The maximum absolute atomic E-state index is 12.6. The SMILES string of the molecule is CNC(CCC(=O)C(C)(C)NCCOCCOCC(=O)C(C)(C)NCCOCCOC(C)(C)CC(C)(C)C(C)=N)C(=O)O. The van der Waals surface area contributed by atoms with E-state index in [0.717, 1.165) is 6.42 Å². The van der Waals surface area contributed by atoms with E-state index < -0.39 is 23.1 Å². The summed E-state index contributed by atoms with van der Waals surface area (Å²) in [5.41, 5.74) is -1.50. The van der Waals surface area contributed by atoms with Gasteiger partial charge >= 0.3 is 5.97 Å². The van der Waals surface area contributed by atoms with Crippen LogP contribution in [0.3, 0.4) is 0 Å². The normalized spacial score (nSPS) is 13.6. The molecule has 12 nitrogen and oxygen atoms in total. The van der Waals surface area contributed by atoms with Crippen molar-refractivity contribution in [3.05, 3.63) is 0 Å². The van der Waals surface area contributed by atoms with Crippen LogP contribution in [0, 0.1) is 10.8 Å². The summed E-state index contributed by atoms with van der Waals surface area (Å²) in [5.74, 6) is -1.12. The minimum absolute atomic E-state index is 0.0392. The standard InChI is InChI=1S/C31H60N4O8/c1-23(32)28(2,3)22-29(4,5)43-20-19-41-16-14-35-31(8,9)26(37)21-42-18-17-40-15-13-34-30(6,7)25(36)12-11-24(33-10)27(38)39/h24,32-35H,11-22H2,1-10H3,(H,38,39). The number of nitrogens with one attached hydrogen (secondary N) is 4. The Morgan fingerprint density at radius 2 is 1.26 bits per heavy atom. The van der Waals surface area contributed by atoms with Gasteiger partial charge in [-0.05, 0) is 68.4 Å². The lowest BCUT2D eigenvalue weighted by Crippen LogP contribution is -2.49. The van der Waals surface area contributed by atoms with Gasteiger partial charge in [0.1, 0.15) is 12.6 Å². The van der Waals surface area contributed by atoms with Crippen LogP contribution in [0.15, 0.2) is 0 Å². The molecule has 0 aromatic carbocycles. The van der Waals surface area contributed by atoms with E-state index in [-0.39, 0.29) is 48.6 Å². The lowest BCUT2D eigenvalue weighted by atomic mass is 9.78. The van der Waals surface area contributed by atoms with Crippen molar-refractivity contribution in [2.24, 2.45) is 5.41 Å². The Bertz CT molecular complexity index is 874. The quantitative estimate of drug-likeness (QED) is 0.0680. The van der Waals surface area contributed by atoms with Crippen molar-refractivity contribution in [2.75, 3.05) is 66.4 Å². The van der Waals surface area contributed by atoms with Gasteiger partial charge in [-0.15, -0.1) is 0 Å². The van der Waals surface area contributed by atoms with Crippen LogP contribution in [0.2, 0.25) is 0 Å². The lowest BCUT2D eigenvalue weighted by molar-refractivity contribution is -0.139. The van der Waals surface area contributed by atoms with Gasteiger partial charge in [0.05, 0.1) is 56.3 Å². The largest absolute Gasteiger partial charge is 0.480 e. The molecule has 0 fully saturated rings. The van der Waals surface area contributed by atoms with Gasteiger partial charge in [0.25, 0.3) is 0 Å². The first-order valence-corrected chi connectivity index (χ1v) is 15.2. The number of hydrogen-bond donors (Lipinski definition) is 5. The van der Waals surface area contributed by atoms with Gasteiger partial charge in [-0.1, -0.05) is 13.8 Å². The van der Waals surface area contributed by atoms with Crippen LogP contribution >= 0.6 is 0 Å². The molecule has 0 aliphatic heterocycles. The second kappa shape index (κ2) is 19.6. The third-order valence-electron chi connectivity index (χ3n) is 7.54. The Hall–Kier alpha value is -1.80. The summed E-state index contributed by atoms with van der Waals surface area (Å²) in [5, 5.41) is 26.1. The van der Waals surface area contributed by atoms with Gasteiger partial charge in [-0.3, -0.25) is 14.4 Å². The number of Topliss-reactive ketones (excluding diaryl/α,β-unsaturated/α-hetero) is 2. The van der Waals surface area contributed by atoms with Gasteiger partial charge in [-0.25, -0.2) is 0 Å². The fourth-order valence-corrected chi connectivity index (χ4v) is 4.34. The molecule has 0 spiro atoms. The van der Waals surface area contributed by atoms with Crippen LogP contribution in [0.5, 0.6) is 0 Å². The predicted molar refractivity (Wildman–Crippen MR) is 168 cm³/mol. The van der Waals surface area contributed by atoms with Gasteiger partial charge < -0.3 is 45.4 Å². The van der Waals surface area contributed by atoms with Crippen molar-refractivity contribution in [2.45, 2.75) is 104 Å². The second-order valence-corrected chi connectivity index (χ2v) is 13.2. The average molecular weight is 617 g/mol. The summed E-state index contributed by atoms with van der Waals surface area (Å²) in [6.45, 7) is 20.3. The summed E-state index contributed by atoms with van der Waals surface area (Å²) in [6, 6.07) is -0.749. The third kappa shape index (κ3) is 17.9. The first-order valence-electron chi connectivity index (χ1n) is 15.2. The molecule has 1 unspecified atom stereocenters. The molecule has 0 aromatic rings. The van der Waals surface area contributed by atoms with Gasteiger partial charge in [0.15, 0.2) is 11.6 Å². The lowest BCUT2D eigenvalue weighted by Gasteiger charge is -2.34. The van der Waals surface area contributed by atoms with E-state index in [4.69, 9.17) is 29.5 Å². The van der Waals surface area contributed by atoms with E-state index in [0.29, 0.717) is 51.8 Å². The van der Waals surface area contributed by atoms with Gasteiger partial charge in [0, 0.05) is 30.6 Å². The van der Waals surface area contributed by atoms with Crippen LogP contribution in [-0.4, -0.2) is 117 Å². The molecule has 0 rings (SSSR count). The van der Waals surface area contributed by atoms with E-state index in [1.54, 1.807) is 20.9 Å². The Kier molecular flexibility index (Phi) is 18.7. The molecule has 252 valence electrons. The molecule has 1 atom stereocenters. The zero-order valence-electron chi connectivity index (χ0n) is 28.4. The average Bonchev–Trinajstić information content (AvgIpc) is 2.88. The molecule has 0 aliphatic rings. The fourth-order valence-electron chi connectivity index (χ4n) is 4.34. The fraction of sp³-hybridized carbons (Fsp3) is 0.871. The molecule has 0 amide bonds. The molecule has 0 saturated carbocycles. The highest BCUT2D eigenvalue weighted by Crippen LogP contribution is 2.31. The van der Waals surface area contributed by atoms with E-state index in [1.807, 2.05) is 48.5 Å². The minimum Gasteiger partial charge on any atom is -0.480 e. The highest BCUT2D eigenvalue weighted by atomic mass is 16.5. The van der Waals surface area contributed by atoms with E-state index >= 15 is 0 Å². The molecular weight excluding hydrogens is 556 g/mol. The topological polar surface area (TPSA) is 168 Å². The van der Waals surface area contributed by atoms with Crippen LogP contribution in [0.1, 0.15) is 81.6 Å². The predicted octanol–water partition coefficient (Wildman–Crippen LogP) is 2.61.